The Morgan fingerprint density at radius 2 is 1.85 bits per heavy atom. The number of benzene rings is 2. The fourth-order valence-corrected chi connectivity index (χ4v) is 4.43. The minimum atomic E-state index is -3.89. The summed E-state index contributed by atoms with van der Waals surface area (Å²) in [6.07, 6.45) is 1.79. The molecule has 2 amide bonds. The maximum atomic E-state index is 13.1. The van der Waals surface area contributed by atoms with Crippen LogP contribution in [-0.2, 0) is 24.3 Å². The molecule has 2 N–H and O–H groups in total. The van der Waals surface area contributed by atoms with E-state index in [4.69, 9.17) is 9.47 Å². The summed E-state index contributed by atoms with van der Waals surface area (Å²) in [5.74, 6) is -0.545. The highest BCUT2D eigenvalue weighted by Gasteiger charge is 2.25. The lowest BCUT2D eigenvalue weighted by atomic mass is 10.2. The molecule has 0 spiro atoms. The number of carbonyl (C=O) groups excluding carboxylic acids is 2. The Morgan fingerprint density at radius 1 is 1.12 bits per heavy atom. The quantitative estimate of drug-likeness (QED) is 0.511. The zero-order chi connectivity index (χ0) is 23.7. The molecule has 10 heteroatoms. The number of hydrogen-bond acceptors (Lipinski definition) is 6. The number of nitrogens with zero attached hydrogens (tertiary/aromatic N) is 1. The van der Waals surface area contributed by atoms with Crippen molar-refractivity contribution in [3.63, 3.8) is 0 Å². The summed E-state index contributed by atoms with van der Waals surface area (Å²) >= 11 is 0. The van der Waals surface area contributed by atoms with E-state index < -0.39 is 22.5 Å². The Balaban J connectivity index is 1.74. The normalized spacial score (nSPS) is 15.7. The lowest BCUT2D eigenvalue weighted by molar-refractivity contribution is -0.123. The predicted octanol–water partition coefficient (Wildman–Crippen LogP) is 1.69. The molecule has 1 aliphatic rings. The molecule has 0 unspecified atom stereocenters. The van der Waals surface area contributed by atoms with Crippen LogP contribution in [0.25, 0.3) is 0 Å². The second kappa shape index (κ2) is 11.8. The van der Waals surface area contributed by atoms with Crippen LogP contribution in [0.15, 0.2) is 59.5 Å². The van der Waals surface area contributed by atoms with Gasteiger partial charge in [0.25, 0.3) is 0 Å². The van der Waals surface area contributed by atoms with Crippen molar-refractivity contribution in [2.45, 2.75) is 30.8 Å². The van der Waals surface area contributed by atoms with Gasteiger partial charge in [-0.15, -0.1) is 0 Å². The van der Waals surface area contributed by atoms with Crippen LogP contribution in [0.3, 0.4) is 0 Å². The van der Waals surface area contributed by atoms with Crippen LogP contribution in [0.1, 0.15) is 19.8 Å². The molecule has 0 saturated carbocycles. The fourth-order valence-electron chi connectivity index (χ4n) is 3.43. The Hall–Kier alpha value is -2.95. The van der Waals surface area contributed by atoms with E-state index in [1.807, 2.05) is 6.92 Å². The number of sulfonamides is 1. The molecular formula is C23H29N3O6S. The van der Waals surface area contributed by atoms with Crippen molar-refractivity contribution in [3.05, 3.63) is 54.6 Å². The molecule has 1 heterocycles. The lowest BCUT2D eigenvalue weighted by Crippen LogP contribution is -2.46. The minimum absolute atomic E-state index is 0.0357. The summed E-state index contributed by atoms with van der Waals surface area (Å²) < 4.78 is 38.5. The van der Waals surface area contributed by atoms with Gasteiger partial charge in [0, 0.05) is 13.2 Å². The maximum Gasteiger partial charge on any atom is 0.242 e. The highest BCUT2D eigenvalue weighted by Crippen LogP contribution is 2.28. The van der Waals surface area contributed by atoms with Crippen LogP contribution in [0.4, 0.5) is 5.69 Å². The summed E-state index contributed by atoms with van der Waals surface area (Å²) in [7, 11) is -3.89. The second-order valence-electron chi connectivity index (χ2n) is 7.46. The van der Waals surface area contributed by atoms with E-state index in [2.05, 4.69) is 10.0 Å². The molecule has 1 saturated heterocycles. The molecule has 2 aromatic carbocycles. The van der Waals surface area contributed by atoms with E-state index in [1.54, 1.807) is 42.5 Å². The molecule has 0 bridgehead atoms. The van der Waals surface area contributed by atoms with Gasteiger partial charge in [-0.05, 0) is 44.0 Å². The van der Waals surface area contributed by atoms with E-state index in [9.17, 15) is 18.0 Å². The summed E-state index contributed by atoms with van der Waals surface area (Å²) in [6, 6.07) is 14.6. The summed E-state index contributed by atoms with van der Waals surface area (Å²) in [5, 5.41) is 2.79. The first-order valence-corrected chi connectivity index (χ1v) is 12.3. The van der Waals surface area contributed by atoms with Gasteiger partial charge in [-0.25, -0.2) is 13.1 Å². The van der Waals surface area contributed by atoms with Crippen molar-refractivity contribution in [1.29, 1.82) is 0 Å². The van der Waals surface area contributed by atoms with E-state index in [0.717, 1.165) is 12.8 Å². The third kappa shape index (κ3) is 7.01. The van der Waals surface area contributed by atoms with Crippen molar-refractivity contribution < 1.29 is 27.5 Å². The number of anilines is 1. The van der Waals surface area contributed by atoms with Crippen molar-refractivity contribution >= 4 is 27.5 Å². The molecule has 9 nitrogen and oxygen atoms in total. The highest BCUT2D eigenvalue weighted by atomic mass is 32.2. The molecule has 178 valence electrons. The van der Waals surface area contributed by atoms with Gasteiger partial charge in [0.05, 0.1) is 29.8 Å². The van der Waals surface area contributed by atoms with Gasteiger partial charge in [-0.2, -0.15) is 0 Å². The van der Waals surface area contributed by atoms with Gasteiger partial charge in [0.1, 0.15) is 12.3 Å². The van der Waals surface area contributed by atoms with Crippen molar-refractivity contribution in [2.24, 2.45) is 0 Å². The number of amides is 2. The molecule has 2 aromatic rings. The molecule has 33 heavy (non-hydrogen) atoms. The van der Waals surface area contributed by atoms with Gasteiger partial charge < -0.3 is 14.8 Å². The van der Waals surface area contributed by atoms with Crippen LogP contribution in [0, 0.1) is 0 Å². The van der Waals surface area contributed by atoms with Gasteiger partial charge in [0.15, 0.2) is 0 Å². The van der Waals surface area contributed by atoms with Crippen LogP contribution in [0.5, 0.6) is 5.75 Å². The van der Waals surface area contributed by atoms with Crippen LogP contribution in [0.2, 0.25) is 0 Å². The van der Waals surface area contributed by atoms with Crippen molar-refractivity contribution in [2.75, 3.05) is 37.7 Å². The standard InChI is InChI=1S/C23H29N3O6S/c1-2-31-21-13-7-6-12-20(21)26(17-22(27)24-15-18-9-8-14-32-18)23(28)16-25-33(29,30)19-10-4-3-5-11-19/h3-7,10-13,18,25H,2,8-9,14-17H2,1H3,(H,24,27)/t18-/m1/s1. The molecule has 1 fully saturated rings. The maximum absolute atomic E-state index is 13.1. The number of ether oxygens (including phenoxy) is 2. The number of carbonyl (C=O) groups is 2. The minimum Gasteiger partial charge on any atom is -0.492 e. The van der Waals surface area contributed by atoms with Crippen LogP contribution < -0.4 is 19.7 Å². The molecule has 0 aliphatic carbocycles. The Morgan fingerprint density at radius 3 is 2.55 bits per heavy atom. The monoisotopic (exact) mass is 475 g/mol. The predicted molar refractivity (Wildman–Crippen MR) is 124 cm³/mol. The van der Waals surface area contributed by atoms with E-state index in [1.165, 1.54) is 17.0 Å². The summed E-state index contributed by atoms with van der Waals surface area (Å²) in [5.41, 5.74) is 0.385. The first-order valence-electron chi connectivity index (χ1n) is 10.9. The second-order valence-corrected chi connectivity index (χ2v) is 9.22. The first-order chi connectivity index (χ1) is 15.9. The van der Waals surface area contributed by atoms with Crippen molar-refractivity contribution in [3.8, 4) is 5.75 Å². The largest absolute Gasteiger partial charge is 0.492 e. The lowest BCUT2D eigenvalue weighted by Gasteiger charge is -2.25. The van der Waals surface area contributed by atoms with E-state index in [0.29, 0.717) is 31.2 Å². The zero-order valence-corrected chi connectivity index (χ0v) is 19.3. The van der Waals surface area contributed by atoms with Gasteiger partial charge >= 0.3 is 0 Å². The summed E-state index contributed by atoms with van der Waals surface area (Å²) in [6.45, 7) is 2.40. The Kier molecular flexibility index (Phi) is 8.81. The topological polar surface area (TPSA) is 114 Å². The van der Waals surface area contributed by atoms with E-state index >= 15 is 0 Å². The molecular weight excluding hydrogens is 446 g/mol. The average Bonchev–Trinajstić information content (AvgIpc) is 3.35. The van der Waals surface area contributed by atoms with E-state index in [-0.39, 0.29) is 23.5 Å². The number of hydrogen-bond donors (Lipinski definition) is 2. The SMILES string of the molecule is CCOc1ccccc1N(CC(=O)NC[C@H]1CCCO1)C(=O)CNS(=O)(=O)c1ccccc1. The fraction of sp³-hybridized carbons (Fsp3) is 0.391. The number of rotatable bonds is 11. The highest BCUT2D eigenvalue weighted by molar-refractivity contribution is 7.89. The van der Waals surface area contributed by atoms with Crippen LogP contribution >= 0.6 is 0 Å². The van der Waals surface area contributed by atoms with Crippen molar-refractivity contribution in [1.82, 2.24) is 10.0 Å². The smallest absolute Gasteiger partial charge is 0.242 e. The third-order valence-corrected chi connectivity index (χ3v) is 6.49. The van der Waals surface area contributed by atoms with Gasteiger partial charge in [-0.3, -0.25) is 14.5 Å². The molecule has 3 rings (SSSR count). The Bertz CT molecular complexity index is 1040. The van der Waals surface area contributed by atoms with Crippen LogP contribution in [-0.4, -0.2) is 59.2 Å². The molecule has 1 atom stereocenters. The third-order valence-electron chi connectivity index (χ3n) is 5.08. The van der Waals surface area contributed by atoms with Gasteiger partial charge in [0.2, 0.25) is 21.8 Å². The Labute approximate surface area is 194 Å². The molecule has 0 aromatic heterocycles. The first kappa shape index (κ1) is 24.7. The number of nitrogens with one attached hydrogen (secondary N) is 2. The number of para-hydroxylation sites is 2. The average molecular weight is 476 g/mol. The molecule has 0 radical (unpaired) electrons. The molecule has 1 aliphatic heterocycles. The summed E-state index contributed by atoms with van der Waals surface area (Å²) in [4.78, 5) is 27.0. The van der Waals surface area contributed by atoms with Gasteiger partial charge in [-0.1, -0.05) is 30.3 Å². The zero-order valence-electron chi connectivity index (χ0n) is 18.5.